The van der Waals surface area contributed by atoms with Crippen molar-refractivity contribution in [3.05, 3.63) is 65.6 Å². The zero-order valence-electron chi connectivity index (χ0n) is 16.6. The molecule has 0 bridgehead atoms. The van der Waals surface area contributed by atoms with Crippen LogP contribution >= 0.6 is 0 Å². The summed E-state index contributed by atoms with van der Waals surface area (Å²) in [7, 11) is -3.57. The Morgan fingerprint density at radius 3 is 2.45 bits per heavy atom. The van der Waals surface area contributed by atoms with Crippen molar-refractivity contribution in [2.75, 3.05) is 26.2 Å². The SMILES string of the molecule is Cc1ccc(S(=O)(=O)N2CCCN(C(=O)c3cn4c(C)cccc4n3)CC2)cc1. The van der Waals surface area contributed by atoms with Crippen LogP contribution in [0.2, 0.25) is 0 Å². The van der Waals surface area contributed by atoms with Crippen molar-refractivity contribution >= 4 is 21.6 Å². The second-order valence-corrected chi connectivity index (χ2v) is 9.32. The van der Waals surface area contributed by atoms with Crippen LogP contribution in [0.4, 0.5) is 0 Å². The third-order valence-corrected chi connectivity index (χ3v) is 7.23. The number of amides is 1. The van der Waals surface area contributed by atoms with E-state index in [0.717, 1.165) is 16.9 Å². The molecule has 1 aliphatic heterocycles. The van der Waals surface area contributed by atoms with Crippen LogP contribution in [0.1, 0.15) is 28.2 Å². The first-order valence-corrected chi connectivity index (χ1v) is 11.1. The van der Waals surface area contributed by atoms with Crippen LogP contribution in [0.5, 0.6) is 0 Å². The second-order valence-electron chi connectivity index (χ2n) is 7.38. The number of aryl methyl sites for hydroxylation is 2. The first-order valence-electron chi connectivity index (χ1n) is 9.67. The Labute approximate surface area is 170 Å². The lowest BCUT2D eigenvalue weighted by atomic mass is 10.2. The number of carbonyl (C=O) groups is 1. The first-order chi connectivity index (χ1) is 13.9. The number of pyridine rings is 1. The van der Waals surface area contributed by atoms with E-state index < -0.39 is 10.0 Å². The maximum atomic E-state index is 13.0. The van der Waals surface area contributed by atoms with Crippen molar-refractivity contribution in [2.24, 2.45) is 0 Å². The molecule has 152 valence electrons. The van der Waals surface area contributed by atoms with Crippen LogP contribution in [0.25, 0.3) is 5.65 Å². The Morgan fingerprint density at radius 1 is 0.966 bits per heavy atom. The van der Waals surface area contributed by atoms with E-state index in [2.05, 4.69) is 4.98 Å². The number of carbonyl (C=O) groups excluding carboxylic acids is 1. The number of nitrogens with zero attached hydrogens (tertiary/aromatic N) is 4. The topological polar surface area (TPSA) is 75.0 Å². The summed E-state index contributed by atoms with van der Waals surface area (Å²) in [5.74, 6) is -0.164. The molecule has 2 aromatic heterocycles. The predicted octanol–water partition coefficient (Wildman–Crippen LogP) is 2.49. The van der Waals surface area contributed by atoms with Gasteiger partial charge in [-0.15, -0.1) is 0 Å². The maximum absolute atomic E-state index is 13.0. The van der Waals surface area contributed by atoms with Crippen molar-refractivity contribution < 1.29 is 13.2 Å². The van der Waals surface area contributed by atoms with Gasteiger partial charge in [-0.25, -0.2) is 13.4 Å². The summed E-state index contributed by atoms with van der Waals surface area (Å²) in [6, 6.07) is 12.6. The largest absolute Gasteiger partial charge is 0.336 e. The fourth-order valence-electron chi connectivity index (χ4n) is 3.61. The van der Waals surface area contributed by atoms with Gasteiger partial charge in [0.05, 0.1) is 4.90 Å². The third kappa shape index (κ3) is 3.77. The predicted molar refractivity (Wildman–Crippen MR) is 110 cm³/mol. The lowest BCUT2D eigenvalue weighted by Crippen LogP contribution is -2.37. The van der Waals surface area contributed by atoms with Crippen molar-refractivity contribution in [3.63, 3.8) is 0 Å². The summed E-state index contributed by atoms with van der Waals surface area (Å²) in [4.78, 5) is 19.4. The number of aromatic nitrogens is 2. The minimum Gasteiger partial charge on any atom is -0.336 e. The fraction of sp³-hybridized carbons (Fsp3) is 0.333. The summed E-state index contributed by atoms with van der Waals surface area (Å²) in [6.07, 6.45) is 2.34. The zero-order chi connectivity index (χ0) is 20.6. The number of fused-ring (bicyclic) bond motifs is 1. The van der Waals surface area contributed by atoms with Gasteiger partial charge in [-0.2, -0.15) is 4.31 Å². The lowest BCUT2D eigenvalue weighted by molar-refractivity contribution is 0.0759. The molecule has 1 aromatic carbocycles. The Kier molecular flexibility index (Phi) is 5.14. The molecule has 1 aliphatic rings. The van der Waals surface area contributed by atoms with E-state index in [1.54, 1.807) is 35.4 Å². The molecule has 0 N–H and O–H groups in total. The molecule has 0 aliphatic carbocycles. The standard InChI is InChI=1S/C21H24N4O3S/c1-16-7-9-18(10-8-16)29(27,28)24-12-4-11-23(13-14-24)21(26)19-15-25-17(2)5-3-6-20(25)22-19/h3,5-10,15H,4,11-14H2,1-2H3. The van der Waals surface area contributed by atoms with Gasteiger partial charge >= 0.3 is 0 Å². The van der Waals surface area contributed by atoms with Gasteiger partial charge in [0.15, 0.2) is 0 Å². The molecule has 1 saturated heterocycles. The normalized spacial score (nSPS) is 16.1. The Hall–Kier alpha value is -2.71. The van der Waals surface area contributed by atoms with E-state index in [0.29, 0.717) is 36.6 Å². The Morgan fingerprint density at radius 2 is 1.72 bits per heavy atom. The Balaban J connectivity index is 1.51. The molecule has 7 nitrogen and oxygen atoms in total. The van der Waals surface area contributed by atoms with Gasteiger partial charge < -0.3 is 9.30 Å². The van der Waals surface area contributed by atoms with Gasteiger partial charge in [0.25, 0.3) is 5.91 Å². The van der Waals surface area contributed by atoms with Gasteiger partial charge in [0.2, 0.25) is 10.0 Å². The molecule has 3 aromatic rings. The molecule has 0 spiro atoms. The van der Waals surface area contributed by atoms with Crippen LogP contribution in [0.3, 0.4) is 0 Å². The van der Waals surface area contributed by atoms with Crippen LogP contribution < -0.4 is 0 Å². The quantitative estimate of drug-likeness (QED) is 0.662. The van der Waals surface area contributed by atoms with E-state index in [9.17, 15) is 13.2 Å². The van der Waals surface area contributed by atoms with Gasteiger partial charge in [0.1, 0.15) is 11.3 Å². The molecule has 3 heterocycles. The summed E-state index contributed by atoms with van der Waals surface area (Å²) in [5.41, 5.74) is 3.13. The highest BCUT2D eigenvalue weighted by Crippen LogP contribution is 2.19. The van der Waals surface area contributed by atoms with Crippen LogP contribution in [0.15, 0.2) is 53.6 Å². The number of sulfonamides is 1. The van der Waals surface area contributed by atoms with Gasteiger partial charge in [-0.1, -0.05) is 23.8 Å². The highest BCUT2D eigenvalue weighted by atomic mass is 32.2. The number of rotatable bonds is 3. The summed E-state index contributed by atoms with van der Waals surface area (Å²) >= 11 is 0. The maximum Gasteiger partial charge on any atom is 0.274 e. The lowest BCUT2D eigenvalue weighted by Gasteiger charge is -2.21. The average Bonchev–Trinajstić information content (AvgIpc) is 2.98. The van der Waals surface area contributed by atoms with Gasteiger partial charge in [-0.3, -0.25) is 4.79 Å². The molecule has 8 heteroatoms. The number of benzene rings is 1. The second kappa shape index (κ2) is 7.61. The molecular formula is C21H24N4O3S. The van der Waals surface area contributed by atoms with E-state index in [-0.39, 0.29) is 12.5 Å². The summed E-state index contributed by atoms with van der Waals surface area (Å²) in [6.45, 7) is 5.40. The smallest absolute Gasteiger partial charge is 0.274 e. The van der Waals surface area contributed by atoms with Crippen molar-refractivity contribution in [1.29, 1.82) is 0 Å². The Bertz CT molecular complexity index is 1150. The molecule has 4 rings (SSSR count). The van der Waals surface area contributed by atoms with Crippen molar-refractivity contribution in [1.82, 2.24) is 18.6 Å². The molecule has 0 atom stereocenters. The minimum atomic E-state index is -3.57. The number of imidazole rings is 1. The number of hydrogen-bond acceptors (Lipinski definition) is 4. The summed E-state index contributed by atoms with van der Waals surface area (Å²) in [5, 5.41) is 0. The average molecular weight is 413 g/mol. The van der Waals surface area contributed by atoms with Crippen LogP contribution in [-0.4, -0.2) is 59.1 Å². The highest BCUT2D eigenvalue weighted by Gasteiger charge is 2.29. The summed E-state index contributed by atoms with van der Waals surface area (Å²) < 4.78 is 29.3. The minimum absolute atomic E-state index is 0.164. The van der Waals surface area contributed by atoms with Gasteiger partial charge in [0, 0.05) is 38.1 Å². The van der Waals surface area contributed by atoms with Crippen LogP contribution in [0, 0.1) is 13.8 Å². The molecule has 0 unspecified atom stereocenters. The van der Waals surface area contributed by atoms with E-state index >= 15 is 0 Å². The van der Waals surface area contributed by atoms with E-state index in [1.165, 1.54) is 4.31 Å². The van der Waals surface area contributed by atoms with Crippen molar-refractivity contribution in [2.45, 2.75) is 25.2 Å². The molecule has 0 radical (unpaired) electrons. The van der Waals surface area contributed by atoms with Gasteiger partial charge in [-0.05, 0) is 44.5 Å². The fourth-order valence-corrected chi connectivity index (χ4v) is 5.08. The molecule has 0 saturated carbocycles. The van der Waals surface area contributed by atoms with E-state index in [1.807, 2.05) is 36.4 Å². The first kappa shape index (κ1) is 19.6. The number of hydrogen-bond donors (Lipinski definition) is 0. The van der Waals surface area contributed by atoms with E-state index in [4.69, 9.17) is 0 Å². The third-order valence-electron chi connectivity index (χ3n) is 5.32. The molecule has 1 fully saturated rings. The zero-order valence-corrected chi connectivity index (χ0v) is 17.4. The molecule has 1 amide bonds. The molecule has 29 heavy (non-hydrogen) atoms. The van der Waals surface area contributed by atoms with Crippen molar-refractivity contribution in [3.8, 4) is 0 Å². The monoisotopic (exact) mass is 412 g/mol. The molecular weight excluding hydrogens is 388 g/mol. The van der Waals surface area contributed by atoms with Crippen LogP contribution in [-0.2, 0) is 10.0 Å². The highest BCUT2D eigenvalue weighted by molar-refractivity contribution is 7.89.